The van der Waals surface area contributed by atoms with Crippen LogP contribution in [0.15, 0.2) is 47.4 Å². The van der Waals surface area contributed by atoms with E-state index >= 15 is 0 Å². The molecule has 7 nitrogen and oxygen atoms in total. The third-order valence-electron chi connectivity index (χ3n) is 6.10. The Morgan fingerprint density at radius 1 is 1.03 bits per heavy atom. The summed E-state index contributed by atoms with van der Waals surface area (Å²) in [5, 5.41) is 2.81. The number of benzene rings is 2. The lowest BCUT2D eigenvalue weighted by Gasteiger charge is -2.23. The fraction of sp³-hybridized carbons (Fsp3) is 0.409. The van der Waals surface area contributed by atoms with Crippen molar-refractivity contribution in [1.82, 2.24) is 4.31 Å². The van der Waals surface area contributed by atoms with E-state index in [1.165, 1.54) is 16.4 Å². The van der Waals surface area contributed by atoms with E-state index in [0.29, 0.717) is 30.0 Å². The molecule has 164 valence electrons. The number of nitrogens with one attached hydrogen (secondary N) is 1. The number of nitrogens with zero attached hydrogens (tertiary/aromatic N) is 1. The highest BCUT2D eigenvalue weighted by Crippen LogP contribution is 2.47. The minimum absolute atomic E-state index is 0.0291. The van der Waals surface area contributed by atoms with Crippen molar-refractivity contribution in [2.45, 2.75) is 55.2 Å². The molecule has 2 aromatic carbocycles. The second-order valence-electron chi connectivity index (χ2n) is 8.20. The maximum atomic E-state index is 13.2. The van der Waals surface area contributed by atoms with E-state index in [4.69, 9.17) is 9.47 Å². The minimum atomic E-state index is -3.91. The zero-order valence-electron chi connectivity index (χ0n) is 16.8. The first kappa shape index (κ1) is 20.3. The standard InChI is InChI=1S/C22H23FN2O5S/c23-15-5-8-17(9-6-15)31(27,28)25-13-3-4-18(25)21(26)24-16-7-10-19-20(14-16)30-22(29-19)11-1-2-12-22/h5-10,14,18H,1-4,11-13H2,(H,24,26). The second-order valence-corrected chi connectivity index (χ2v) is 10.1. The number of rotatable bonds is 4. The largest absolute Gasteiger partial charge is 0.448 e. The van der Waals surface area contributed by atoms with Crippen LogP contribution < -0.4 is 14.8 Å². The van der Waals surface area contributed by atoms with Crippen LogP contribution in [0.25, 0.3) is 0 Å². The van der Waals surface area contributed by atoms with Gasteiger partial charge in [-0.3, -0.25) is 4.79 Å². The lowest BCUT2D eigenvalue weighted by Crippen LogP contribution is -2.43. The SMILES string of the molecule is O=C(Nc1ccc2c(c1)OC1(CCCC1)O2)C1CCCN1S(=O)(=O)c1ccc(F)cc1. The fourth-order valence-electron chi connectivity index (χ4n) is 4.55. The van der Waals surface area contributed by atoms with Crippen LogP contribution in [0.3, 0.4) is 0 Å². The van der Waals surface area contributed by atoms with Gasteiger partial charge in [-0.2, -0.15) is 4.31 Å². The summed E-state index contributed by atoms with van der Waals surface area (Å²) in [6, 6.07) is 9.00. The van der Waals surface area contributed by atoms with E-state index in [-0.39, 0.29) is 11.4 Å². The fourth-order valence-corrected chi connectivity index (χ4v) is 6.20. The molecule has 1 N–H and O–H groups in total. The summed E-state index contributed by atoms with van der Waals surface area (Å²) in [5.41, 5.74) is 0.522. The van der Waals surface area contributed by atoms with Gasteiger partial charge in [-0.15, -0.1) is 0 Å². The van der Waals surface area contributed by atoms with Crippen molar-refractivity contribution in [3.63, 3.8) is 0 Å². The molecular formula is C22H23FN2O5S. The number of anilines is 1. The number of fused-ring (bicyclic) bond motifs is 1. The van der Waals surface area contributed by atoms with Crippen LogP contribution in [-0.2, 0) is 14.8 Å². The molecular weight excluding hydrogens is 423 g/mol. The maximum Gasteiger partial charge on any atom is 0.251 e. The zero-order chi connectivity index (χ0) is 21.6. The molecule has 1 saturated heterocycles. The highest BCUT2D eigenvalue weighted by atomic mass is 32.2. The summed E-state index contributed by atoms with van der Waals surface area (Å²) in [5.74, 6) is -0.270. The zero-order valence-corrected chi connectivity index (χ0v) is 17.7. The predicted octanol–water partition coefficient (Wildman–Crippen LogP) is 3.66. The van der Waals surface area contributed by atoms with Crippen LogP contribution in [0.5, 0.6) is 11.5 Å². The Hall–Kier alpha value is -2.65. The second kappa shape index (κ2) is 7.49. The van der Waals surface area contributed by atoms with E-state index in [1.807, 2.05) is 0 Å². The number of hydrogen-bond acceptors (Lipinski definition) is 5. The van der Waals surface area contributed by atoms with Crippen molar-refractivity contribution in [2.75, 3.05) is 11.9 Å². The molecule has 1 spiro atoms. The quantitative estimate of drug-likeness (QED) is 0.775. The lowest BCUT2D eigenvalue weighted by atomic mass is 10.2. The van der Waals surface area contributed by atoms with E-state index in [2.05, 4.69) is 5.32 Å². The Morgan fingerprint density at radius 3 is 2.48 bits per heavy atom. The number of carbonyl (C=O) groups excluding carboxylic acids is 1. The Kier molecular flexibility index (Phi) is 4.90. The molecule has 1 aliphatic carbocycles. The predicted molar refractivity (Wildman–Crippen MR) is 111 cm³/mol. The van der Waals surface area contributed by atoms with Crippen molar-refractivity contribution >= 4 is 21.6 Å². The third kappa shape index (κ3) is 3.65. The molecule has 31 heavy (non-hydrogen) atoms. The number of hydrogen-bond donors (Lipinski definition) is 1. The van der Waals surface area contributed by atoms with E-state index in [1.54, 1.807) is 18.2 Å². The molecule has 2 aromatic rings. The van der Waals surface area contributed by atoms with Crippen molar-refractivity contribution < 1.29 is 27.1 Å². The van der Waals surface area contributed by atoms with Crippen LogP contribution in [-0.4, -0.2) is 37.0 Å². The average molecular weight is 447 g/mol. The van der Waals surface area contributed by atoms with E-state index in [0.717, 1.165) is 37.8 Å². The third-order valence-corrected chi connectivity index (χ3v) is 8.02. The highest BCUT2D eigenvalue weighted by molar-refractivity contribution is 7.89. The molecule has 0 bridgehead atoms. The van der Waals surface area contributed by atoms with Crippen LogP contribution in [0, 0.1) is 5.82 Å². The summed E-state index contributed by atoms with van der Waals surface area (Å²) >= 11 is 0. The molecule has 0 radical (unpaired) electrons. The first-order valence-electron chi connectivity index (χ1n) is 10.5. The van der Waals surface area contributed by atoms with Gasteiger partial charge in [0.05, 0.1) is 4.90 Å². The van der Waals surface area contributed by atoms with E-state index in [9.17, 15) is 17.6 Å². The molecule has 1 atom stereocenters. The molecule has 3 aliphatic rings. The molecule has 2 heterocycles. The van der Waals surface area contributed by atoms with Crippen molar-refractivity contribution in [3.05, 3.63) is 48.3 Å². The first-order valence-corrected chi connectivity index (χ1v) is 11.9. The normalized spacial score (nSPS) is 22.2. The Bertz CT molecular complexity index is 1110. The number of sulfonamides is 1. The van der Waals surface area contributed by atoms with Crippen LogP contribution in [0.2, 0.25) is 0 Å². The van der Waals surface area contributed by atoms with E-state index < -0.39 is 33.6 Å². The van der Waals surface area contributed by atoms with Gasteiger partial charge in [0.25, 0.3) is 5.79 Å². The van der Waals surface area contributed by atoms with Crippen LogP contribution in [0.1, 0.15) is 38.5 Å². The highest BCUT2D eigenvalue weighted by Gasteiger charge is 2.44. The number of ether oxygens (including phenoxy) is 2. The number of amides is 1. The number of halogens is 1. The van der Waals surface area contributed by atoms with Gasteiger partial charge in [0, 0.05) is 31.1 Å². The summed E-state index contributed by atoms with van der Waals surface area (Å²) in [6.45, 7) is 0.238. The van der Waals surface area contributed by atoms with Crippen molar-refractivity contribution in [3.8, 4) is 11.5 Å². The summed E-state index contributed by atoms with van der Waals surface area (Å²) in [6.07, 6.45) is 4.76. The van der Waals surface area contributed by atoms with Gasteiger partial charge in [0.2, 0.25) is 15.9 Å². The Labute approximate surface area is 180 Å². The van der Waals surface area contributed by atoms with Gasteiger partial charge in [-0.05, 0) is 62.1 Å². The smallest absolute Gasteiger partial charge is 0.251 e. The molecule has 1 unspecified atom stereocenters. The Morgan fingerprint density at radius 2 is 1.74 bits per heavy atom. The van der Waals surface area contributed by atoms with Gasteiger partial charge in [-0.25, -0.2) is 12.8 Å². The Balaban J connectivity index is 1.32. The summed E-state index contributed by atoms with van der Waals surface area (Å²) < 4.78 is 52.4. The average Bonchev–Trinajstić information content (AvgIpc) is 3.48. The van der Waals surface area contributed by atoms with Gasteiger partial charge >= 0.3 is 0 Å². The molecule has 1 saturated carbocycles. The molecule has 1 amide bonds. The lowest BCUT2D eigenvalue weighted by molar-refractivity contribution is -0.119. The van der Waals surface area contributed by atoms with Gasteiger partial charge in [0.1, 0.15) is 11.9 Å². The molecule has 2 aliphatic heterocycles. The molecule has 0 aromatic heterocycles. The van der Waals surface area contributed by atoms with Crippen LogP contribution >= 0.6 is 0 Å². The monoisotopic (exact) mass is 446 g/mol. The van der Waals surface area contributed by atoms with Crippen molar-refractivity contribution in [1.29, 1.82) is 0 Å². The molecule has 2 fully saturated rings. The molecule has 5 rings (SSSR count). The number of carbonyl (C=O) groups is 1. The minimum Gasteiger partial charge on any atom is -0.448 e. The van der Waals surface area contributed by atoms with Crippen molar-refractivity contribution in [2.24, 2.45) is 0 Å². The van der Waals surface area contributed by atoms with Crippen LogP contribution in [0.4, 0.5) is 10.1 Å². The summed E-state index contributed by atoms with van der Waals surface area (Å²) in [4.78, 5) is 12.9. The van der Waals surface area contributed by atoms with Gasteiger partial charge in [-0.1, -0.05) is 0 Å². The maximum absolute atomic E-state index is 13.2. The van der Waals surface area contributed by atoms with Gasteiger partial charge in [0.15, 0.2) is 11.5 Å². The summed E-state index contributed by atoms with van der Waals surface area (Å²) in [7, 11) is -3.91. The van der Waals surface area contributed by atoms with Gasteiger partial charge < -0.3 is 14.8 Å². The molecule has 9 heteroatoms. The first-order chi connectivity index (χ1) is 14.9. The topological polar surface area (TPSA) is 84.9 Å².